The number of nitrogens with one attached hydrogen (secondary N) is 2. The number of hydrogen-bond donors (Lipinski definition) is 2. The number of benzene rings is 2. The van der Waals surface area contributed by atoms with Crippen LogP contribution in [0, 0.1) is 0 Å². The molecule has 32 heavy (non-hydrogen) atoms. The summed E-state index contributed by atoms with van der Waals surface area (Å²) in [7, 11) is 1.60. The SMILES string of the molecule is CCc1cc(Nc2nccn3c(-c4ccc(OC(F)F)cc4)cnc23)ccc1C(=O)NC. The number of carbonyl (C=O) groups is 1. The number of fused-ring (bicyclic) bond motifs is 1. The largest absolute Gasteiger partial charge is 0.435 e. The van der Waals surface area contributed by atoms with Crippen molar-refractivity contribution in [3.8, 4) is 17.0 Å². The molecule has 0 saturated carbocycles. The van der Waals surface area contributed by atoms with E-state index in [0.717, 1.165) is 22.5 Å². The molecule has 0 bridgehead atoms. The molecule has 9 heteroatoms. The van der Waals surface area contributed by atoms with Crippen LogP contribution in [-0.4, -0.2) is 33.9 Å². The molecule has 0 saturated heterocycles. The van der Waals surface area contributed by atoms with Crippen molar-refractivity contribution in [2.75, 3.05) is 12.4 Å². The van der Waals surface area contributed by atoms with Gasteiger partial charge in [0.1, 0.15) is 5.75 Å². The molecular formula is C23H21F2N5O2. The van der Waals surface area contributed by atoms with E-state index in [2.05, 4.69) is 25.3 Å². The van der Waals surface area contributed by atoms with Gasteiger partial charge in [0.25, 0.3) is 5.91 Å². The van der Waals surface area contributed by atoms with Crippen LogP contribution < -0.4 is 15.4 Å². The van der Waals surface area contributed by atoms with Crippen LogP contribution in [0.5, 0.6) is 5.75 Å². The van der Waals surface area contributed by atoms with Gasteiger partial charge in [-0.2, -0.15) is 8.78 Å². The molecule has 2 aromatic carbocycles. The molecule has 0 fully saturated rings. The summed E-state index contributed by atoms with van der Waals surface area (Å²) in [6.45, 7) is -0.877. The Bertz CT molecular complexity index is 1260. The fourth-order valence-corrected chi connectivity index (χ4v) is 3.49. The van der Waals surface area contributed by atoms with Crippen molar-refractivity contribution in [3.05, 3.63) is 72.2 Å². The molecule has 0 unspecified atom stereocenters. The smallest absolute Gasteiger partial charge is 0.387 e. The highest BCUT2D eigenvalue weighted by molar-refractivity contribution is 5.96. The summed E-state index contributed by atoms with van der Waals surface area (Å²) >= 11 is 0. The van der Waals surface area contributed by atoms with E-state index < -0.39 is 6.61 Å². The molecule has 0 spiro atoms. The number of hydrogen-bond acceptors (Lipinski definition) is 5. The number of ether oxygens (including phenoxy) is 1. The quantitative estimate of drug-likeness (QED) is 0.439. The van der Waals surface area contributed by atoms with E-state index in [1.165, 1.54) is 12.1 Å². The van der Waals surface area contributed by atoms with Crippen LogP contribution in [0.1, 0.15) is 22.8 Å². The Morgan fingerprint density at radius 3 is 2.62 bits per heavy atom. The van der Waals surface area contributed by atoms with E-state index in [1.54, 1.807) is 43.8 Å². The first-order valence-corrected chi connectivity index (χ1v) is 9.99. The Hall–Kier alpha value is -4.01. The maximum atomic E-state index is 12.4. The predicted molar refractivity (Wildman–Crippen MR) is 118 cm³/mol. The van der Waals surface area contributed by atoms with Gasteiger partial charge in [-0.15, -0.1) is 0 Å². The van der Waals surface area contributed by atoms with E-state index in [1.807, 2.05) is 23.5 Å². The van der Waals surface area contributed by atoms with E-state index in [-0.39, 0.29) is 11.7 Å². The lowest BCUT2D eigenvalue weighted by Gasteiger charge is -2.12. The van der Waals surface area contributed by atoms with Gasteiger partial charge >= 0.3 is 6.61 Å². The van der Waals surface area contributed by atoms with Gasteiger partial charge in [-0.3, -0.25) is 9.20 Å². The number of alkyl halides is 2. The minimum atomic E-state index is -2.87. The van der Waals surface area contributed by atoms with E-state index >= 15 is 0 Å². The van der Waals surface area contributed by atoms with E-state index in [0.29, 0.717) is 23.4 Å². The highest BCUT2D eigenvalue weighted by Gasteiger charge is 2.13. The van der Waals surface area contributed by atoms with Crippen LogP contribution in [-0.2, 0) is 6.42 Å². The van der Waals surface area contributed by atoms with Gasteiger partial charge in [0.2, 0.25) is 0 Å². The van der Waals surface area contributed by atoms with Gasteiger partial charge < -0.3 is 15.4 Å². The highest BCUT2D eigenvalue weighted by Crippen LogP contribution is 2.27. The Morgan fingerprint density at radius 2 is 1.94 bits per heavy atom. The first-order chi connectivity index (χ1) is 15.5. The third-order valence-electron chi connectivity index (χ3n) is 5.02. The molecular weight excluding hydrogens is 416 g/mol. The first-order valence-electron chi connectivity index (χ1n) is 9.99. The van der Waals surface area contributed by atoms with Gasteiger partial charge in [-0.05, 0) is 54.4 Å². The summed E-state index contributed by atoms with van der Waals surface area (Å²) in [5.74, 6) is 0.510. The van der Waals surface area contributed by atoms with E-state index in [4.69, 9.17) is 0 Å². The molecule has 0 radical (unpaired) electrons. The lowest BCUT2D eigenvalue weighted by Crippen LogP contribution is -2.19. The van der Waals surface area contributed by atoms with Gasteiger partial charge in [-0.25, -0.2) is 9.97 Å². The molecule has 0 aliphatic rings. The first kappa shape index (κ1) is 21.2. The number of imidazole rings is 1. The second-order valence-corrected chi connectivity index (χ2v) is 6.95. The lowest BCUT2D eigenvalue weighted by molar-refractivity contribution is -0.0498. The fourth-order valence-electron chi connectivity index (χ4n) is 3.49. The van der Waals surface area contributed by atoms with Crippen molar-refractivity contribution in [1.29, 1.82) is 0 Å². The third-order valence-corrected chi connectivity index (χ3v) is 5.02. The van der Waals surface area contributed by atoms with Crippen molar-refractivity contribution in [2.45, 2.75) is 20.0 Å². The number of carbonyl (C=O) groups excluding carboxylic acids is 1. The van der Waals surface area contributed by atoms with Gasteiger partial charge in [0.15, 0.2) is 11.5 Å². The number of aromatic nitrogens is 3. The summed E-state index contributed by atoms with van der Waals surface area (Å²) in [6, 6.07) is 11.9. The minimum Gasteiger partial charge on any atom is -0.435 e. The molecule has 1 amide bonds. The van der Waals surface area contributed by atoms with Crippen LogP contribution in [0.4, 0.5) is 20.3 Å². The number of amides is 1. The molecule has 0 aliphatic carbocycles. The zero-order chi connectivity index (χ0) is 22.7. The Morgan fingerprint density at radius 1 is 1.16 bits per heavy atom. The predicted octanol–water partition coefficient (Wildman–Crippen LogP) is 4.66. The Kier molecular flexibility index (Phi) is 5.98. The molecule has 2 heterocycles. The Balaban J connectivity index is 1.65. The highest BCUT2D eigenvalue weighted by atomic mass is 19.3. The molecule has 0 atom stereocenters. The number of rotatable bonds is 7. The van der Waals surface area contributed by atoms with Crippen LogP contribution >= 0.6 is 0 Å². The van der Waals surface area contributed by atoms with Crippen molar-refractivity contribution < 1.29 is 18.3 Å². The molecule has 0 aliphatic heterocycles. The third kappa shape index (κ3) is 4.22. The minimum absolute atomic E-state index is 0.0912. The second-order valence-electron chi connectivity index (χ2n) is 6.95. The lowest BCUT2D eigenvalue weighted by atomic mass is 10.0. The van der Waals surface area contributed by atoms with Crippen LogP contribution in [0.2, 0.25) is 0 Å². The van der Waals surface area contributed by atoms with Crippen LogP contribution in [0.15, 0.2) is 61.1 Å². The topological polar surface area (TPSA) is 80.6 Å². The van der Waals surface area contributed by atoms with Crippen LogP contribution in [0.3, 0.4) is 0 Å². The zero-order valence-corrected chi connectivity index (χ0v) is 17.5. The molecule has 7 nitrogen and oxygen atoms in total. The van der Waals surface area contributed by atoms with Crippen LogP contribution in [0.25, 0.3) is 16.9 Å². The average molecular weight is 437 g/mol. The van der Waals surface area contributed by atoms with Crippen molar-refractivity contribution in [3.63, 3.8) is 0 Å². The van der Waals surface area contributed by atoms with Crippen molar-refractivity contribution >= 4 is 23.1 Å². The normalized spacial score (nSPS) is 11.0. The fraction of sp³-hybridized carbons (Fsp3) is 0.174. The molecule has 4 aromatic rings. The summed E-state index contributed by atoms with van der Waals surface area (Å²) in [4.78, 5) is 20.9. The molecule has 164 valence electrons. The van der Waals surface area contributed by atoms with Crippen molar-refractivity contribution in [2.24, 2.45) is 0 Å². The maximum Gasteiger partial charge on any atom is 0.387 e. The van der Waals surface area contributed by atoms with Gasteiger partial charge in [0.05, 0.1) is 11.9 Å². The summed E-state index contributed by atoms with van der Waals surface area (Å²) in [5, 5.41) is 5.92. The zero-order valence-electron chi connectivity index (χ0n) is 17.5. The second kappa shape index (κ2) is 9.01. The number of halogens is 2. The van der Waals surface area contributed by atoms with Crippen molar-refractivity contribution in [1.82, 2.24) is 19.7 Å². The standard InChI is InChI=1S/C23H21F2N5O2/c1-3-14-12-16(6-9-18(14)22(31)26-2)29-20-21-28-13-19(30(21)11-10-27-20)15-4-7-17(8-5-15)32-23(24)25/h4-13,23H,3H2,1-2H3,(H,26,31)(H,27,29). The molecule has 2 N–H and O–H groups in total. The number of nitrogens with zero attached hydrogens (tertiary/aromatic N) is 3. The number of anilines is 2. The van der Waals surface area contributed by atoms with Gasteiger partial charge in [-0.1, -0.05) is 6.92 Å². The average Bonchev–Trinajstić information content (AvgIpc) is 3.24. The Labute approximate surface area is 183 Å². The monoisotopic (exact) mass is 437 g/mol. The van der Waals surface area contributed by atoms with Gasteiger partial charge in [0, 0.05) is 36.3 Å². The van der Waals surface area contributed by atoms with E-state index in [9.17, 15) is 13.6 Å². The molecule has 2 aromatic heterocycles. The maximum absolute atomic E-state index is 12.4. The summed E-state index contributed by atoms with van der Waals surface area (Å²) in [6.07, 6.45) is 5.82. The summed E-state index contributed by atoms with van der Waals surface area (Å²) in [5.41, 5.74) is 4.50. The number of aryl methyl sites for hydroxylation is 1. The molecule has 4 rings (SSSR count). The summed E-state index contributed by atoms with van der Waals surface area (Å²) < 4.78 is 31.0.